The molecule has 0 spiro atoms. The van der Waals surface area contributed by atoms with Crippen molar-refractivity contribution in [2.45, 2.75) is 26.8 Å². The van der Waals surface area contributed by atoms with Crippen LogP contribution in [0.1, 0.15) is 29.0 Å². The fourth-order valence-corrected chi connectivity index (χ4v) is 2.84. The normalized spacial score (nSPS) is 12.2. The SMILES string of the molecule is Cc1cccc(C)c1NC(=O)CNC(C)c1cccs1. The maximum atomic E-state index is 12.0. The van der Waals surface area contributed by atoms with E-state index in [0.29, 0.717) is 6.54 Å². The van der Waals surface area contributed by atoms with E-state index >= 15 is 0 Å². The van der Waals surface area contributed by atoms with Crippen LogP contribution in [0.3, 0.4) is 0 Å². The van der Waals surface area contributed by atoms with Crippen molar-refractivity contribution in [1.82, 2.24) is 5.32 Å². The van der Waals surface area contributed by atoms with Crippen molar-refractivity contribution in [2.75, 3.05) is 11.9 Å². The van der Waals surface area contributed by atoms with Gasteiger partial charge >= 0.3 is 0 Å². The van der Waals surface area contributed by atoms with Gasteiger partial charge in [-0.2, -0.15) is 0 Å². The van der Waals surface area contributed by atoms with Crippen LogP contribution in [0.25, 0.3) is 0 Å². The van der Waals surface area contributed by atoms with Crippen LogP contribution in [0.4, 0.5) is 5.69 Å². The van der Waals surface area contributed by atoms with Gasteiger partial charge in [0, 0.05) is 16.6 Å². The molecule has 1 heterocycles. The van der Waals surface area contributed by atoms with Crippen LogP contribution in [0, 0.1) is 13.8 Å². The highest BCUT2D eigenvalue weighted by atomic mass is 32.1. The number of anilines is 1. The van der Waals surface area contributed by atoms with Gasteiger partial charge in [-0.1, -0.05) is 24.3 Å². The minimum Gasteiger partial charge on any atom is -0.324 e. The smallest absolute Gasteiger partial charge is 0.238 e. The van der Waals surface area contributed by atoms with Gasteiger partial charge in [0.05, 0.1) is 6.54 Å². The average molecular weight is 288 g/mol. The van der Waals surface area contributed by atoms with E-state index in [2.05, 4.69) is 23.6 Å². The van der Waals surface area contributed by atoms with E-state index in [9.17, 15) is 4.79 Å². The largest absolute Gasteiger partial charge is 0.324 e. The first-order valence-corrected chi connectivity index (χ1v) is 7.58. The lowest BCUT2D eigenvalue weighted by Gasteiger charge is -2.14. The van der Waals surface area contributed by atoms with E-state index in [1.54, 1.807) is 11.3 Å². The van der Waals surface area contributed by atoms with E-state index in [-0.39, 0.29) is 11.9 Å². The van der Waals surface area contributed by atoms with Gasteiger partial charge in [-0.25, -0.2) is 0 Å². The maximum absolute atomic E-state index is 12.0. The minimum absolute atomic E-state index is 0.00851. The van der Waals surface area contributed by atoms with Crippen LogP contribution in [-0.2, 0) is 4.79 Å². The first-order valence-electron chi connectivity index (χ1n) is 6.71. The molecule has 0 radical (unpaired) electrons. The molecule has 3 nitrogen and oxygen atoms in total. The summed E-state index contributed by atoms with van der Waals surface area (Å²) in [6, 6.07) is 10.3. The third kappa shape index (κ3) is 3.68. The third-order valence-corrected chi connectivity index (χ3v) is 4.34. The molecule has 1 amide bonds. The number of carbonyl (C=O) groups is 1. The molecule has 0 aliphatic heterocycles. The molecule has 1 aromatic carbocycles. The van der Waals surface area contributed by atoms with Crippen molar-refractivity contribution in [3.63, 3.8) is 0 Å². The topological polar surface area (TPSA) is 41.1 Å². The van der Waals surface area contributed by atoms with Crippen molar-refractivity contribution in [3.8, 4) is 0 Å². The molecule has 0 saturated heterocycles. The molecule has 0 fully saturated rings. The van der Waals surface area contributed by atoms with Crippen LogP contribution in [0.15, 0.2) is 35.7 Å². The Balaban J connectivity index is 1.90. The summed E-state index contributed by atoms with van der Waals surface area (Å²) < 4.78 is 0. The standard InChI is InChI=1S/C16H20N2OS/c1-11-6-4-7-12(2)16(11)18-15(19)10-17-13(3)14-8-5-9-20-14/h4-9,13,17H,10H2,1-3H3,(H,18,19). The lowest BCUT2D eigenvalue weighted by Crippen LogP contribution is -2.30. The van der Waals surface area contributed by atoms with E-state index in [4.69, 9.17) is 0 Å². The van der Waals surface area contributed by atoms with Gasteiger partial charge in [0.15, 0.2) is 0 Å². The fourth-order valence-electron chi connectivity index (χ4n) is 2.08. The number of hydrogen-bond acceptors (Lipinski definition) is 3. The molecule has 0 bridgehead atoms. The van der Waals surface area contributed by atoms with Gasteiger partial charge in [-0.3, -0.25) is 4.79 Å². The molecule has 106 valence electrons. The van der Waals surface area contributed by atoms with Crippen molar-refractivity contribution < 1.29 is 4.79 Å². The van der Waals surface area contributed by atoms with Crippen molar-refractivity contribution in [1.29, 1.82) is 0 Å². The number of carbonyl (C=O) groups excluding carboxylic acids is 1. The van der Waals surface area contributed by atoms with Crippen LogP contribution < -0.4 is 10.6 Å². The van der Waals surface area contributed by atoms with Gasteiger partial charge in [-0.05, 0) is 43.3 Å². The second-order valence-corrected chi connectivity index (χ2v) is 5.91. The van der Waals surface area contributed by atoms with E-state index in [1.807, 2.05) is 43.5 Å². The van der Waals surface area contributed by atoms with Crippen LogP contribution >= 0.6 is 11.3 Å². The Morgan fingerprint density at radius 3 is 2.50 bits per heavy atom. The summed E-state index contributed by atoms with van der Waals surface area (Å²) in [7, 11) is 0. The molecule has 2 aromatic rings. The Bertz CT molecular complexity index is 558. The zero-order valence-electron chi connectivity index (χ0n) is 12.1. The van der Waals surface area contributed by atoms with Gasteiger partial charge in [0.2, 0.25) is 5.91 Å². The zero-order chi connectivity index (χ0) is 14.5. The average Bonchev–Trinajstić information content (AvgIpc) is 2.94. The Labute approximate surface area is 124 Å². The summed E-state index contributed by atoms with van der Waals surface area (Å²) in [4.78, 5) is 13.3. The molecule has 0 aliphatic carbocycles. The molecule has 1 atom stereocenters. The summed E-state index contributed by atoms with van der Waals surface area (Å²) in [6.45, 7) is 6.39. The molecule has 1 unspecified atom stereocenters. The summed E-state index contributed by atoms with van der Waals surface area (Å²) in [5, 5.41) is 8.27. The second-order valence-electron chi connectivity index (χ2n) is 4.93. The number of hydrogen-bond donors (Lipinski definition) is 2. The highest BCUT2D eigenvalue weighted by Crippen LogP contribution is 2.20. The fraction of sp³-hybridized carbons (Fsp3) is 0.312. The lowest BCUT2D eigenvalue weighted by atomic mass is 10.1. The quantitative estimate of drug-likeness (QED) is 0.881. The van der Waals surface area contributed by atoms with Crippen molar-refractivity contribution >= 4 is 22.9 Å². The zero-order valence-corrected chi connectivity index (χ0v) is 12.9. The molecular formula is C16H20N2OS. The number of aryl methyl sites for hydroxylation is 2. The highest BCUT2D eigenvalue weighted by molar-refractivity contribution is 7.10. The van der Waals surface area contributed by atoms with Crippen LogP contribution in [-0.4, -0.2) is 12.5 Å². The Morgan fingerprint density at radius 2 is 1.90 bits per heavy atom. The Hall–Kier alpha value is -1.65. The minimum atomic E-state index is -0.00851. The van der Waals surface area contributed by atoms with Crippen LogP contribution in [0.5, 0.6) is 0 Å². The molecule has 20 heavy (non-hydrogen) atoms. The van der Waals surface area contributed by atoms with E-state index in [0.717, 1.165) is 16.8 Å². The molecule has 1 aromatic heterocycles. The monoisotopic (exact) mass is 288 g/mol. The third-order valence-electron chi connectivity index (χ3n) is 3.28. The first-order chi connectivity index (χ1) is 9.58. The van der Waals surface area contributed by atoms with Gasteiger partial charge in [0.1, 0.15) is 0 Å². The summed E-state index contributed by atoms with van der Waals surface area (Å²) in [5.74, 6) is -0.00851. The molecular weight excluding hydrogens is 268 g/mol. The maximum Gasteiger partial charge on any atom is 0.238 e. The van der Waals surface area contributed by atoms with Crippen LogP contribution in [0.2, 0.25) is 0 Å². The van der Waals surface area contributed by atoms with Crippen molar-refractivity contribution in [2.24, 2.45) is 0 Å². The molecule has 4 heteroatoms. The molecule has 0 aliphatic rings. The number of rotatable bonds is 5. The highest BCUT2D eigenvalue weighted by Gasteiger charge is 2.10. The predicted octanol–water partition coefficient (Wildman–Crippen LogP) is 3.65. The van der Waals surface area contributed by atoms with E-state index in [1.165, 1.54) is 4.88 Å². The summed E-state index contributed by atoms with van der Waals surface area (Å²) in [5.41, 5.74) is 3.09. The summed E-state index contributed by atoms with van der Waals surface area (Å²) in [6.07, 6.45) is 0. The van der Waals surface area contributed by atoms with Gasteiger partial charge in [0.25, 0.3) is 0 Å². The number of nitrogens with one attached hydrogen (secondary N) is 2. The molecule has 2 N–H and O–H groups in total. The lowest BCUT2D eigenvalue weighted by molar-refractivity contribution is -0.115. The van der Waals surface area contributed by atoms with Gasteiger partial charge in [-0.15, -0.1) is 11.3 Å². The predicted molar refractivity (Wildman–Crippen MR) is 85.3 cm³/mol. The van der Waals surface area contributed by atoms with Crippen molar-refractivity contribution in [3.05, 3.63) is 51.7 Å². The number of para-hydroxylation sites is 1. The van der Waals surface area contributed by atoms with E-state index < -0.39 is 0 Å². The number of benzene rings is 1. The second kappa shape index (κ2) is 6.68. The molecule has 2 rings (SSSR count). The first kappa shape index (κ1) is 14.8. The summed E-state index contributed by atoms with van der Waals surface area (Å²) >= 11 is 1.70. The van der Waals surface area contributed by atoms with Gasteiger partial charge < -0.3 is 10.6 Å². The Morgan fingerprint density at radius 1 is 1.20 bits per heavy atom. The molecule has 0 saturated carbocycles. The number of amides is 1. The Kier molecular flexibility index (Phi) is 4.93. The number of thiophene rings is 1.